The summed E-state index contributed by atoms with van der Waals surface area (Å²) in [6.45, 7) is 6.97. The molecule has 2 aliphatic rings. The van der Waals surface area contributed by atoms with Crippen LogP contribution in [0.5, 0.6) is 0 Å². The molecule has 0 spiro atoms. The number of ether oxygens (including phenoxy) is 2. The maximum atomic E-state index is 12.1. The van der Waals surface area contributed by atoms with Gasteiger partial charge >= 0.3 is 11.9 Å². The Bertz CT molecular complexity index is 601. The molecule has 0 saturated carbocycles. The summed E-state index contributed by atoms with van der Waals surface area (Å²) in [5, 5.41) is 19.2. The summed E-state index contributed by atoms with van der Waals surface area (Å²) in [5.74, 6) is -1.76. The Labute approximate surface area is 147 Å². The Hall–Kier alpha value is -1.92. The zero-order chi connectivity index (χ0) is 18.6. The maximum absolute atomic E-state index is 12.1. The highest BCUT2D eigenvalue weighted by atomic mass is 16.6. The molecule has 0 unspecified atom stereocenters. The molecule has 1 aliphatic carbocycles. The Morgan fingerprint density at radius 1 is 1.36 bits per heavy atom. The lowest BCUT2D eigenvalue weighted by Gasteiger charge is -2.28. The van der Waals surface area contributed by atoms with Crippen molar-refractivity contribution in [3.8, 4) is 0 Å². The molecule has 6 heteroatoms. The predicted molar refractivity (Wildman–Crippen MR) is 91.4 cm³/mol. The van der Waals surface area contributed by atoms with Crippen molar-refractivity contribution in [2.45, 2.75) is 45.3 Å². The van der Waals surface area contributed by atoms with Crippen LogP contribution in [0, 0.1) is 11.8 Å². The Morgan fingerprint density at radius 2 is 2.04 bits per heavy atom. The lowest BCUT2D eigenvalue weighted by molar-refractivity contribution is -0.155. The highest BCUT2D eigenvalue weighted by molar-refractivity contribution is 5.91. The number of fused-ring (bicyclic) bond motifs is 1. The summed E-state index contributed by atoms with van der Waals surface area (Å²) in [5.41, 5.74) is 1.71. The van der Waals surface area contributed by atoms with E-state index in [1.54, 1.807) is 19.9 Å². The lowest BCUT2D eigenvalue weighted by Crippen LogP contribution is -2.35. The monoisotopic (exact) mass is 350 g/mol. The second kappa shape index (κ2) is 8.45. The van der Waals surface area contributed by atoms with Gasteiger partial charge in [0.15, 0.2) is 0 Å². The van der Waals surface area contributed by atoms with Crippen LogP contribution in [-0.4, -0.2) is 47.6 Å². The number of aliphatic hydroxyl groups excluding tert-OH is 2. The highest BCUT2D eigenvalue weighted by Gasteiger charge is 2.44. The van der Waals surface area contributed by atoms with Crippen molar-refractivity contribution in [3.05, 3.63) is 35.5 Å². The zero-order valence-corrected chi connectivity index (χ0v) is 14.7. The van der Waals surface area contributed by atoms with Gasteiger partial charge in [-0.05, 0) is 30.1 Å². The van der Waals surface area contributed by atoms with Gasteiger partial charge in [-0.1, -0.05) is 26.5 Å². The third-order valence-electron chi connectivity index (χ3n) is 4.57. The van der Waals surface area contributed by atoms with Gasteiger partial charge in [0.1, 0.15) is 12.2 Å². The van der Waals surface area contributed by atoms with Crippen molar-refractivity contribution >= 4 is 11.9 Å². The minimum atomic E-state index is -0.661. The van der Waals surface area contributed by atoms with E-state index < -0.39 is 24.1 Å². The van der Waals surface area contributed by atoms with Crippen LogP contribution in [0.4, 0.5) is 0 Å². The van der Waals surface area contributed by atoms with E-state index in [0.717, 1.165) is 11.1 Å². The fourth-order valence-electron chi connectivity index (χ4n) is 3.09. The fourth-order valence-corrected chi connectivity index (χ4v) is 3.09. The first kappa shape index (κ1) is 19.4. The van der Waals surface area contributed by atoms with E-state index in [9.17, 15) is 19.8 Å². The number of allylic oxidation sites excluding steroid dienone is 1. The Morgan fingerprint density at radius 3 is 2.64 bits per heavy atom. The van der Waals surface area contributed by atoms with Gasteiger partial charge in [-0.3, -0.25) is 4.79 Å². The average molecular weight is 350 g/mol. The van der Waals surface area contributed by atoms with Gasteiger partial charge in [-0.25, -0.2) is 4.79 Å². The minimum Gasteiger partial charge on any atom is -0.461 e. The summed E-state index contributed by atoms with van der Waals surface area (Å²) in [7, 11) is 0. The SMILES string of the molecule is C=C1C(=O)O[C@@H]2/C=C(\CO)CC/C=C(\CO)C[C@H](OC(=O)C(C)C)[C@@H]12. The number of aliphatic hydroxyl groups is 2. The van der Waals surface area contributed by atoms with E-state index in [1.807, 2.05) is 6.08 Å². The van der Waals surface area contributed by atoms with Crippen molar-refractivity contribution in [3.63, 3.8) is 0 Å². The van der Waals surface area contributed by atoms with Crippen molar-refractivity contribution in [2.24, 2.45) is 11.8 Å². The van der Waals surface area contributed by atoms with Gasteiger partial charge in [-0.2, -0.15) is 0 Å². The van der Waals surface area contributed by atoms with Gasteiger partial charge in [0, 0.05) is 12.0 Å². The molecule has 0 aromatic rings. The van der Waals surface area contributed by atoms with Gasteiger partial charge in [0.2, 0.25) is 0 Å². The summed E-state index contributed by atoms with van der Waals surface area (Å²) < 4.78 is 11.0. The molecule has 1 saturated heterocycles. The Kier molecular flexibility index (Phi) is 6.56. The van der Waals surface area contributed by atoms with Crippen LogP contribution in [0.1, 0.15) is 33.1 Å². The van der Waals surface area contributed by atoms with E-state index in [2.05, 4.69) is 6.58 Å². The minimum absolute atomic E-state index is 0.147. The third kappa shape index (κ3) is 4.58. The molecule has 0 radical (unpaired) electrons. The molecule has 0 amide bonds. The molecule has 25 heavy (non-hydrogen) atoms. The van der Waals surface area contributed by atoms with Crippen molar-refractivity contribution in [2.75, 3.05) is 13.2 Å². The standard InChI is InChI=1S/C19H26O6/c1-11(2)18(22)24-15-7-13(9-20)5-4-6-14(10-21)8-16-17(15)12(3)19(23)25-16/h5,8,11,15-17,20-21H,3-4,6-7,9-10H2,1-2H3/b13-5-,14-8-/t15-,16+,17+/m0/s1. The van der Waals surface area contributed by atoms with E-state index in [1.165, 1.54) is 0 Å². The molecule has 1 heterocycles. The largest absolute Gasteiger partial charge is 0.461 e. The summed E-state index contributed by atoms with van der Waals surface area (Å²) >= 11 is 0. The molecular weight excluding hydrogens is 324 g/mol. The smallest absolute Gasteiger partial charge is 0.334 e. The van der Waals surface area contributed by atoms with Gasteiger partial charge in [0.05, 0.1) is 25.0 Å². The van der Waals surface area contributed by atoms with Crippen molar-refractivity contribution < 1.29 is 29.3 Å². The van der Waals surface area contributed by atoms with Gasteiger partial charge in [0.25, 0.3) is 0 Å². The zero-order valence-electron chi connectivity index (χ0n) is 14.7. The first-order valence-corrected chi connectivity index (χ1v) is 8.56. The second-order valence-corrected chi connectivity index (χ2v) is 6.80. The van der Waals surface area contributed by atoms with E-state index in [-0.39, 0.29) is 30.7 Å². The highest BCUT2D eigenvalue weighted by Crippen LogP contribution is 2.36. The van der Waals surface area contributed by atoms with E-state index in [4.69, 9.17) is 9.47 Å². The molecule has 0 aromatic heterocycles. The molecule has 138 valence electrons. The number of carbonyl (C=O) groups excluding carboxylic acids is 2. The van der Waals surface area contributed by atoms with Gasteiger partial charge < -0.3 is 19.7 Å². The molecular formula is C19H26O6. The molecule has 0 bridgehead atoms. The van der Waals surface area contributed by atoms with Crippen LogP contribution in [0.25, 0.3) is 0 Å². The van der Waals surface area contributed by atoms with Crippen LogP contribution >= 0.6 is 0 Å². The average Bonchev–Trinajstić information content (AvgIpc) is 2.85. The number of carbonyl (C=O) groups is 2. The van der Waals surface area contributed by atoms with E-state index >= 15 is 0 Å². The molecule has 1 fully saturated rings. The van der Waals surface area contributed by atoms with Crippen LogP contribution in [-0.2, 0) is 19.1 Å². The molecule has 6 nitrogen and oxygen atoms in total. The first-order valence-electron chi connectivity index (χ1n) is 8.56. The lowest BCUT2D eigenvalue weighted by atomic mass is 9.85. The molecule has 3 atom stereocenters. The number of esters is 2. The summed E-state index contributed by atoms with van der Waals surface area (Å²) in [6.07, 6.45) is 3.88. The van der Waals surface area contributed by atoms with Crippen molar-refractivity contribution in [1.82, 2.24) is 0 Å². The maximum Gasteiger partial charge on any atom is 0.334 e. The third-order valence-corrected chi connectivity index (χ3v) is 4.57. The molecule has 2 N–H and O–H groups in total. The second-order valence-electron chi connectivity index (χ2n) is 6.80. The van der Waals surface area contributed by atoms with Gasteiger partial charge in [-0.15, -0.1) is 0 Å². The fraction of sp³-hybridized carbons (Fsp3) is 0.579. The molecule has 1 aliphatic heterocycles. The first-order chi connectivity index (χ1) is 11.9. The summed E-state index contributed by atoms with van der Waals surface area (Å²) in [6, 6.07) is 0. The van der Waals surface area contributed by atoms with Crippen molar-refractivity contribution in [1.29, 1.82) is 0 Å². The molecule has 0 aromatic carbocycles. The van der Waals surface area contributed by atoms with Crippen LogP contribution in [0.3, 0.4) is 0 Å². The van der Waals surface area contributed by atoms with Crippen LogP contribution < -0.4 is 0 Å². The normalized spacial score (nSPS) is 31.5. The van der Waals surface area contributed by atoms with Crippen LogP contribution in [0.2, 0.25) is 0 Å². The topological polar surface area (TPSA) is 93.1 Å². The quantitative estimate of drug-likeness (QED) is 0.455. The summed E-state index contributed by atoms with van der Waals surface area (Å²) in [4.78, 5) is 24.2. The van der Waals surface area contributed by atoms with Crippen LogP contribution in [0.15, 0.2) is 35.5 Å². The van der Waals surface area contributed by atoms with E-state index in [0.29, 0.717) is 19.3 Å². The Balaban J connectivity index is 2.41. The number of rotatable bonds is 4. The number of hydrogen-bond acceptors (Lipinski definition) is 6. The molecule has 2 rings (SSSR count). The predicted octanol–water partition coefficient (Wildman–Crippen LogP) is 1.67. The number of hydrogen-bond donors (Lipinski definition) is 2.